The van der Waals surface area contributed by atoms with Gasteiger partial charge in [0.05, 0.1) is 11.3 Å². The molecule has 29 heavy (non-hydrogen) atoms. The minimum atomic E-state index is -4.43. The quantitative estimate of drug-likeness (QED) is 0.741. The second kappa shape index (κ2) is 9.30. The van der Waals surface area contributed by atoms with E-state index in [1.165, 1.54) is 23.9 Å². The van der Waals surface area contributed by atoms with Crippen LogP contribution in [0.25, 0.3) is 0 Å². The summed E-state index contributed by atoms with van der Waals surface area (Å²) in [5, 5.41) is 0. The number of thioether (sulfide) groups is 1. The normalized spacial score (nSPS) is 14.7. The van der Waals surface area contributed by atoms with Crippen molar-refractivity contribution in [2.75, 3.05) is 31.9 Å². The van der Waals surface area contributed by atoms with E-state index in [1.54, 1.807) is 22.2 Å². The van der Waals surface area contributed by atoms with Crippen molar-refractivity contribution in [1.29, 1.82) is 0 Å². The summed E-state index contributed by atoms with van der Waals surface area (Å²) < 4.78 is 37.9. The van der Waals surface area contributed by atoms with E-state index in [4.69, 9.17) is 0 Å². The number of hydrogen-bond donors (Lipinski definition) is 0. The smallest absolute Gasteiger partial charge is 0.338 e. The highest BCUT2D eigenvalue weighted by molar-refractivity contribution is 7.99. The Morgan fingerprint density at radius 2 is 1.66 bits per heavy atom. The Bertz CT molecular complexity index is 836. The molecule has 1 aliphatic heterocycles. The number of carbonyl (C=O) groups is 2. The Balaban J connectivity index is 1.45. The summed E-state index contributed by atoms with van der Waals surface area (Å²) in [7, 11) is 0. The first-order valence-electron chi connectivity index (χ1n) is 9.05. The first-order chi connectivity index (χ1) is 13.8. The molecule has 0 aliphatic carbocycles. The minimum absolute atomic E-state index is 0.0144. The van der Waals surface area contributed by atoms with Gasteiger partial charge in [0.2, 0.25) is 5.91 Å². The Morgan fingerprint density at radius 1 is 1.00 bits per heavy atom. The predicted molar refractivity (Wildman–Crippen MR) is 104 cm³/mol. The van der Waals surface area contributed by atoms with Gasteiger partial charge >= 0.3 is 6.18 Å². The van der Waals surface area contributed by atoms with Crippen LogP contribution in [0.2, 0.25) is 0 Å². The molecule has 1 aromatic carbocycles. The standard InChI is InChI=1S/C20H20F3N3O2S/c21-20(22,23)17-5-3-16(4-6-17)19(28)26-10-8-25(9-11-26)18(27)14-29-13-15-2-1-7-24-12-15/h1-7,12H,8-11,13-14H2. The molecule has 1 saturated heterocycles. The van der Waals surface area contributed by atoms with Gasteiger partial charge in [0.1, 0.15) is 0 Å². The lowest BCUT2D eigenvalue weighted by Crippen LogP contribution is -2.51. The van der Waals surface area contributed by atoms with E-state index in [2.05, 4.69) is 4.98 Å². The van der Waals surface area contributed by atoms with Crippen LogP contribution in [0.3, 0.4) is 0 Å². The monoisotopic (exact) mass is 423 g/mol. The summed E-state index contributed by atoms with van der Waals surface area (Å²) in [6.07, 6.45) is -0.962. The molecular formula is C20H20F3N3O2S. The molecule has 2 heterocycles. The molecule has 0 spiro atoms. The molecule has 5 nitrogen and oxygen atoms in total. The first-order valence-corrected chi connectivity index (χ1v) is 10.2. The number of alkyl halides is 3. The molecule has 9 heteroatoms. The zero-order valence-corrected chi connectivity index (χ0v) is 16.4. The van der Waals surface area contributed by atoms with Gasteiger partial charge in [-0.1, -0.05) is 6.07 Å². The van der Waals surface area contributed by atoms with Crippen molar-refractivity contribution >= 4 is 23.6 Å². The molecule has 0 atom stereocenters. The first kappa shape index (κ1) is 21.2. The van der Waals surface area contributed by atoms with Crippen LogP contribution >= 0.6 is 11.8 Å². The molecule has 2 amide bonds. The van der Waals surface area contributed by atoms with E-state index in [-0.39, 0.29) is 17.4 Å². The second-order valence-electron chi connectivity index (χ2n) is 6.60. The zero-order chi connectivity index (χ0) is 20.9. The summed E-state index contributed by atoms with van der Waals surface area (Å²) in [6, 6.07) is 8.01. The number of hydrogen-bond acceptors (Lipinski definition) is 4. The van der Waals surface area contributed by atoms with Crippen LogP contribution in [-0.4, -0.2) is 58.5 Å². The summed E-state index contributed by atoms with van der Waals surface area (Å²) in [6.45, 7) is 1.55. The SMILES string of the molecule is O=C(CSCc1cccnc1)N1CCN(C(=O)c2ccc(C(F)(F)F)cc2)CC1. The summed E-state index contributed by atoms with van der Waals surface area (Å²) >= 11 is 1.51. The number of carbonyl (C=O) groups excluding carboxylic acids is 2. The highest BCUT2D eigenvalue weighted by Crippen LogP contribution is 2.29. The molecule has 1 fully saturated rings. The van der Waals surface area contributed by atoms with Gasteiger partial charge in [0.25, 0.3) is 5.91 Å². The van der Waals surface area contributed by atoms with Crippen molar-refractivity contribution in [1.82, 2.24) is 14.8 Å². The van der Waals surface area contributed by atoms with Gasteiger partial charge in [-0.15, -0.1) is 11.8 Å². The van der Waals surface area contributed by atoms with Crippen LogP contribution < -0.4 is 0 Å². The molecule has 154 valence electrons. The number of pyridine rings is 1. The molecule has 0 bridgehead atoms. The summed E-state index contributed by atoms with van der Waals surface area (Å²) in [5.41, 5.74) is 0.482. The second-order valence-corrected chi connectivity index (χ2v) is 7.59. The van der Waals surface area contributed by atoms with Gasteiger partial charge < -0.3 is 9.80 Å². The van der Waals surface area contributed by atoms with Gasteiger partial charge in [-0.2, -0.15) is 13.2 Å². The van der Waals surface area contributed by atoms with Crippen LogP contribution in [-0.2, 0) is 16.7 Å². The Morgan fingerprint density at radius 3 is 2.24 bits per heavy atom. The van der Waals surface area contributed by atoms with E-state index >= 15 is 0 Å². The van der Waals surface area contributed by atoms with E-state index in [0.717, 1.165) is 17.7 Å². The van der Waals surface area contributed by atoms with Crippen molar-refractivity contribution in [2.24, 2.45) is 0 Å². The molecule has 0 saturated carbocycles. The number of halogens is 3. The van der Waals surface area contributed by atoms with Gasteiger partial charge in [-0.25, -0.2) is 0 Å². The number of rotatable bonds is 5. The van der Waals surface area contributed by atoms with Crippen LogP contribution in [0.4, 0.5) is 13.2 Å². The molecular weight excluding hydrogens is 403 g/mol. The van der Waals surface area contributed by atoms with Gasteiger partial charge in [-0.05, 0) is 35.9 Å². The lowest BCUT2D eigenvalue weighted by Gasteiger charge is -2.34. The number of amides is 2. The van der Waals surface area contributed by atoms with Crippen molar-refractivity contribution in [3.05, 3.63) is 65.5 Å². The predicted octanol–water partition coefficient (Wildman–Crippen LogP) is 3.32. The third-order valence-electron chi connectivity index (χ3n) is 4.60. The van der Waals surface area contributed by atoms with Gasteiger partial charge in [0, 0.05) is 49.9 Å². The van der Waals surface area contributed by atoms with Gasteiger partial charge in [0.15, 0.2) is 0 Å². The third-order valence-corrected chi connectivity index (χ3v) is 5.58. The van der Waals surface area contributed by atoms with Crippen LogP contribution in [0.1, 0.15) is 21.5 Å². The molecule has 3 rings (SSSR count). The maximum atomic E-state index is 12.6. The van der Waals surface area contributed by atoms with Crippen LogP contribution in [0, 0.1) is 0 Å². The van der Waals surface area contributed by atoms with E-state index in [9.17, 15) is 22.8 Å². The Hall–Kier alpha value is -2.55. The molecule has 2 aromatic rings. The average molecular weight is 423 g/mol. The Labute approximate surface area is 170 Å². The maximum absolute atomic E-state index is 12.6. The van der Waals surface area contributed by atoms with Crippen LogP contribution in [0.5, 0.6) is 0 Å². The number of benzene rings is 1. The molecule has 0 radical (unpaired) electrons. The van der Waals surface area contributed by atoms with E-state index in [1.807, 2.05) is 12.1 Å². The van der Waals surface area contributed by atoms with Crippen molar-refractivity contribution in [2.45, 2.75) is 11.9 Å². The van der Waals surface area contributed by atoms with Crippen molar-refractivity contribution in [3.63, 3.8) is 0 Å². The number of aromatic nitrogens is 1. The fraction of sp³-hybridized carbons (Fsp3) is 0.350. The zero-order valence-electron chi connectivity index (χ0n) is 15.6. The minimum Gasteiger partial charge on any atom is -0.338 e. The Kier molecular flexibility index (Phi) is 6.79. The topological polar surface area (TPSA) is 53.5 Å². The molecule has 0 N–H and O–H groups in total. The fourth-order valence-electron chi connectivity index (χ4n) is 2.97. The number of piperazine rings is 1. The number of nitrogens with zero attached hydrogens (tertiary/aromatic N) is 3. The lowest BCUT2D eigenvalue weighted by atomic mass is 10.1. The highest BCUT2D eigenvalue weighted by atomic mass is 32.2. The maximum Gasteiger partial charge on any atom is 0.416 e. The highest BCUT2D eigenvalue weighted by Gasteiger charge is 2.31. The van der Waals surface area contributed by atoms with E-state index in [0.29, 0.717) is 37.7 Å². The average Bonchev–Trinajstić information content (AvgIpc) is 2.73. The molecule has 1 aliphatic rings. The summed E-state index contributed by atoms with van der Waals surface area (Å²) in [5.74, 6) is 0.741. The fourth-order valence-corrected chi connectivity index (χ4v) is 3.84. The van der Waals surface area contributed by atoms with Gasteiger partial charge in [-0.3, -0.25) is 14.6 Å². The van der Waals surface area contributed by atoms with Crippen LogP contribution in [0.15, 0.2) is 48.8 Å². The molecule has 0 unspecified atom stereocenters. The van der Waals surface area contributed by atoms with Crippen molar-refractivity contribution in [3.8, 4) is 0 Å². The lowest BCUT2D eigenvalue weighted by molar-refractivity contribution is -0.137. The van der Waals surface area contributed by atoms with E-state index < -0.39 is 11.7 Å². The largest absolute Gasteiger partial charge is 0.416 e. The third kappa shape index (κ3) is 5.72. The molecule has 1 aromatic heterocycles. The summed E-state index contributed by atoms with van der Waals surface area (Å²) in [4.78, 5) is 32.2. The van der Waals surface area contributed by atoms with Crippen molar-refractivity contribution < 1.29 is 22.8 Å².